The second kappa shape index (κ2) is 7.19. The first-order valence-electron chi connectivity index (χ1n) is 6.56. The smallest absolute Gasteiger partial charge is 0.325 e. The molecule has 21 heavy (non-hydrogen) atoms. The number of nitrogens with one attached hydrogen (secondary N) is 1. The largest absolute Gasteiger partial charge is 0.460 e. The number of nitrogens with zero attached hydrogens (tertiary/aromatic N) is 1. The van der Waals surface area contributed by atoms with E-state index < -0.39 is 11.9 Å². The predicted molar refractivity (Wildman–Crippen MR) is 77.5 cm³/mol. The number of ether oxygens (including phenoxy) is 1. The lowest BCUT2D eigenvalue weighted by Crippen LogP contribution is -2.31. The van der Waals surface area contributed by atoms with E-state index in [0.29, 0.717) is 0 Å². The average molecular weight is 284 g/mol. The SMILES string of the molecule is Cc1cccc(C(=O)NCC(=O)OCc2ccccc2)n1. The van der Waals surface area contributed by atoms with Crippen molar-refractivity contribution >= 4 is 11.9 Å². The summed E-state index contributed by atoms with van der Waals surface area (Å²) in [5, 5.41) is 2.49. The van der Waals surface area contributed by atoms with Gasteiger partial charge in [-0.3, -0.25) is 9.59 Å². The maximum Gasteiger partial charge on any atom is 0.325 e. The minimum absolute atomic E-state index is 0.179. The molecule has 0 bridgehead atoms. The Kier molecular flexibility index (Phi) is 5.04. The van der Waals surface area contributed by atoms with Gasteiger partial charge in [0.2, 0.25) is 0 Å². The molecule has 5 heteroatoms. The van der Waals surface area contributed by atoms with Gasteiger partial charge in [-0.15, -0.1) is 0 Å². The predicted octanol–water partition coefficient (Wildman–Crippen LogP) is 1.86. The number of amides is 1. The molecule has 0 saturated carbocycles. The first-order chi connectivity index (χ1) is 10.1. The van der Waals surface area contributed by atoms with Gasteiger partial charge < -0.3 is 10.1 Å². The molecule has 0 fully saturated rings. The van der Waals surface area contributed by atoms with Crippen LogP contribution in [-0.4, -0.2) is 23.4 Å². The lowest BCUT2D eigenvalue weighted by Gasteiger charge is -2.06. The Morgan fingerprint density at radius 3 is 2.57 bits per heavy atom. The summed E-state index contributed by atoms with van der Waals surface area (Å²) in [4.78, 5) is 27.4. The van der Waals surface area contributed by atoms with Crippen molar-refractivity contribution < 1.29 is 14.3 Å². The highest BCUT2D eigenvalue weighted by atomic mass is 16.5. The van der Waals surface area contributed by atoms with E-state index in [0.717, 1.165) is 11.3 Å². The van der Waals surface area contributed by atoms with Crippen LogP contribution in [0.1, 0.15) is 21.7 Å². The number of benzene rings is 1. The Balaban J connectivity index is 1.77. The van der Waals surface area contributed by atoms with E-state index in [-0.39, 0.29) is 18.8 Å². The Bertz CT molecular complexity index is 626. The van der Waals surface area contributed by atoms with Gasteiger partial charge in [-0.1, -0.05) is 36.4 Å². The van der Waals surface area contributed by atoms with Crippen LogP contribution in [0, 0.1) is 6.92 Å². The molecule has 108 valence electrons. The highest BCUT2D eigenvalue weighted by molar-refractivity contribution is 5.94. The van der Waals surface area contributed by atoms with E-state index in [1.165, 1.54) is 0 Å². The van der Waals surface area contributed by atoms with Gasteiger partial charge in [0.25, 0.3) is 5.91 Å². The summed E-state index contributed by atoms with van der Waals surface area (Å²) in [6.07, 6.45) is 0. The van der Waals surface area contributed by atoms with E-state index in [1.54, 1.807) is 25.1 Å². The molecule has 0 aliphatic heterocycles. The molecule has 0 unspecified atom stereocenters. The van der Waals surface area contributed by atoms with Crippen molar-refractivity contribution in [2.75, 3.05) is 6.54 Å². The van der Waals surface area contributed by atoms with Crippen molar-refractivity contribution in [3.05, 3.63) is 65.5 Å². The number of pyridine rings is 1. The highest BCUT2D eigenvalue weighted by Gasteiger charge is 2.10. The van der Waals surface area contributed by atoms with Gasteiger partial charge in [-0.25, -0.2) is 4.98 Å². The maximum atomic E-state index is 11.8. The zero-order valence-corrected chi connectivity index (χ0v) is 11.7. The molecule has 0 saturated heterocycles. The molecule has 1 heterocycles. The number of carbonyl (C=O) groups is 2. The normalized spacial score (nSPS) is 9.95. The van der Waals surface area contributed by atoms with Crippen LogP contribution in [0.25, 0.3) is 0 Å². The number of carbonyl (C=O) groups excluding carboxylic acids is 2. The fourth-order valence-corrected chi connectivity index (χ4v) is 1.70. The fraction of sp³-hybridized carbons (Fsp3) is 0.188. The molecule has 0 spiro atoms. The quantitative estimate of drug-likeness (QED) is 0.851. The molecule has 5 nitrogen and oxygen atoms in total. The second-order valence-electron chi connectivity index (χ2n) is 4.49. The van der Waals surface area contributed by atoms with E-state index >= 15 is 0 Å². The summed E-state index contributed by atoms with van der Waals surface area (Å²) < 4.78 is 5.06. The summed E-state index contributed by atoms with van der Waals surface area (Å²) in [5.74, 6) is -0.879. The van der Waals surface area contributed by atoms with Crippen molar-refractivity contribution in [3.8, 4) is 0 Å². The van der Waals surface area contributed by atoms with Gasteiger partial charge in [-0.05, 0) is 24.6 Å². The molecule has 1 aromatic heterocycles. The van der Waals surface area contributed by atoms with Crippen molar-refractivity contribution in [1.29, 1.82) is 0 Å². The van der Waals surface area contributed by atoms with Crippen LogP contribution >= 0.6 is 0 Å². The standard InChI is InChI=1S/C16H16N2O3/c1-12-6-5-9-14(18-12)16(20)17-10-15(19)21-11-13-7-3-2-4-8-13/h2-9H,10-11H2,1H3,(H,17,20). The van der Waals surface area contributed by atoms with Crippen molar-refractivity contribution in [2.24, 2.45) is 0 Å². The highest BCUT2D eigenvalue weighted by Crippen LogP contribution is 2.01. The number of esters is 1. The average Bonchev–Trinajstić information content (AvgIpc) is 2.51. The third-order valence-corrected chi connectivity index (χ3v) is 2.76. The Morgan fingerprint density at radius 1 is 1.10 bits per heavy atom. The molecular formula is C16H16N2O3. The lowest BCUT2D eigenvalue weighted by molar-refractivity contribution is -0.143. The molecule has 0 aliphatic carbocycles. The fourth-order valence-electron chi connectivity index (χ4n) is 1.70. The van der Waals surface area contributed by atoms with Gasteiger partial charge in [0.15, 0.2) is 0 Å². The Hall–Kier alpha value is -2.69. The minimum atomic E-state index is -0.486. The third kappa shape index (κ3) is 4.72. The second-order valence-corrected chi connectivity index (χ2v) is 4.49. The first-order valence-corrected chi connectivity index (χ1v) is 6.56. The number of hydrogen-bond acceptors (Lipinski definition) is 4. The van der Waals surface area contributed by atoms with Crippen LogP contribution < -0.4 is 5.32 Å². The van der Waals surface area contributed by atoms with Gasteiger partial charge >= 0.3 is 5.97 Å². The van der Waals surface area contributed by atoms with Crippen LogP contribution in [0.2, 0.25) is 0 Å². The molecule has 1 N–H and O–H groups in total. The van der Waals surface area contributed by atoms with Crippen LogP contribution in [-0.2, 0) is 16.1 Å². The van der Waals surface area contributed by atoms with E-state index in [2.05, 4.69) is 10.3 Å². The Morgan fingerprint density at radius 2 is 1.86 bits per heavy atom. The van der Waals surface area contributed by atoms with Crippen LogP contribution in [0.4, 0.5) is 0 Å². The number of aryl methyl sites for hydroxylation is 1. The lowest BCUT2D eigenvalue weighted by atomic mass is 10.2. The first kappa shape index (κ1) is 14.7. The van der Waals surface area contributed by atoms with Gasteiger partial charge in [-0.2, -0.15) is 0 Å². The Labute approximate surface area is 123 Å². The molecule has 1 amide bonds. The topological polar surface area (TPSA) is 68.3 Å². The summed E-state index contributed by atoms with van der Waals surface area (Å²) >= 11 is 0. The van der Waals surface area contributed by atoms with Gasteiger partial charge in [0.05, 0.1) is 0 Å². The van der Waals surface area contributed by atoms with Crippen LogP contribution in [0.5, 0.6) is 0 Å². The van der Waals surface area contributed by atoms with Crippen molar-refractivity contribution in [3.63, 3.8) is 0 Å². The van der Waals surface area contributed by atoms with Gasteiger partial charge in [0, 0.05) is 5.69 Å². The van der Waals surface area contributed by atoms with Crippen molar-refractivity contribution in [2.45, 2.75) is 13.5 Å². The molecule has 1 aromatic carbocycles. The molecule has 0 atom stereocenters. The molecule has 0 radical (unpaired) electrons. The van der Waals surface area contributed by atoms with Gasteiger partial charge in [0.1, 0.15) is 18.8 Å². The van der Waals surface area contributed by atoms with E-state index in [9.17, 15) is 9.59 Å². The maximum absolute atomic E-state index is 11.8. The zero-order valence-electron chi connectivity index (χ0n) is 11.7. The molecule has 2 rings (SSSR count). The summed E-state index contributed by atoms with van der Waals surface area (Å²) in [7, 11) is 0. The summed E-state index contributed by atoms with van der Waals surface area (Å²) in [6.45, 7) is 1.81. The monoisotopic (exact) mass is 284 g/mol. The molecule has 2 aromatic rings. The van der Waals surface area contributed by atoms with E-state index in [1.807, 2.05) is 30.3 Å². The number of aromatic nitrogens is 1. The number of hydrogen-bond donors (Lipinski definition) is 1. The summed E-state index contributed by atoms with van der Waals surface area (Å²) in [6, 6.07) is 14.5. The summed E-state index contributed by atoms with van der Waals surface area (Å²) in [5.41, 5.74) is 1.93. The third-order valence-electron chi connectivity index (χ3n) is 2.76. The van der Waals surface area contributed by atoms with Crippen LogP contribution in [0.15, 0.2) is 48.5 Å². The molecule has 0 aliphatic rings. The van der Waals surface area contributed by atoms with Crippen LogP contribution in [0.3, 0.4) is 0 Å². The number of rotatable bonds is 5. The zero-order chi connectivity index (χ0) is 15.1. The van der Waals surface area contributed by atoms with E-state index in [4.69, 9.17) is 4.74 Å². The minimum Gasteiger partial charge on any atom is -0.460 e. The van der Waals surface area contributed by atoms with Crippen molar-refractivity contribution in [1.82, 2.24) is 10.3 Å². The molecular weight excluding hydrogens is 268 g/mol.